The molecule has 0 radical (unpaired) electrons. The van der Waals surface area contributed by atoms with Crippen LogP contribution in [0, 0.1) is 13.8 Å². The van der Waals surface area contributed by atoms with Gasteiger partial charge in [0.25, 0.3) is 0 Å². The van der Waals surface area contributed by atoms with Crippen LogP contribution in [0.25, 0.3) is 0 Å². The van der Waals surface area contributed by atoms with E-state index in [1.165, 1.54) is 0 Å². The minimum Gasteiger partial charge on any atom is -0.478 e. The summed E-state index contributed by atoms with van der Waals surface area (Å²) in [6.45, 7) is 4.36. The molecule has 2 aromatic rings. The van der Waals surface area contributed by atoms with Gasteiger partial charge in [-0.15, -0.1) is 0 Å². The molecule has 104 valence electrons. The molecule has 2 aromatic carbocycles. The highest BCUT2D eigenvalue weighted by Crippen LogP contribution is 2.16. The van der Waals surface area contributed by atoms with E-state index < -0.39 is 5.97 Å². The molecule has 0 saturated carbocycles. The number of carbonyl (C=O) groups is 1. The summed E-state index contributed by atoms with van der Waals surface area (Å²) in [5, 5.41) is 9.15. The van der Waals surface area contributed by atoms with Crippen molar-refractivity contribution in [2.75, 3.05) is 5.43 Å². The van der Waals surface area contributed by atoms with E-state index in [1.54, 1.807) is 6.07 Å². The highest BCUT2D eigenvalue weighted by molar-refractivity contribution is 5.89. The molecule has 0 heterocycles. The molecule has 3 N–H and O–H groups in total. The van der Waals surface area contributed by atoms with Crippen LogP contribution in [0.2, 0.25) is 0 Å². The van der Waals surface area contributed by atoms with Gasteiger partial charge in [-0.3, -0.25) is 0 Å². The number of para-hydroxylation sites is 1. The standard InChI is InChI=1S/C16H18N2O2/c1-11-8-12(2)15(16(19)20)9-13(11)10-17-18-14-6-4-3-5-7-14/h3-9,17-18H,10H2,1-2H3,(H,19,20). The number of aryl methyl sites for hydroxylation is 2. The average Bonchev–Trinajstić information content (AvgIpc) is 2.42. The number of hydrogen-bond acceptors (Lipinski definition) is 3. The Hall–Kier alpha value is -2.33. The Morgan fingerprint density at radius 3 is 2.45 bits per heavy atom. The summed E-state index contributed by atoms with van der Waals surface area (Å²) < 4.78 is 0. The maximum absolute atomic E-state index is 11.1. The van der Waals surface area contributed by atoms with Crippen LogP contribution < -0.4 is 10.9 Å². The lowest BCUT2D eigenvalue weighted by Crippen LogP contribution is -2.21. The summed E-state index contributed by atoms with van der Waals surface area (Å²) >= 11 is 0. The van der Waals surface area contributed by atoms with Crippen LogP contribution in [0.3, 0.4) is 0 Å². The van der Waals surface area contributed by atoms with E-state index in [9.17, 15) is 4.79 Å². The third kappa shape index (κ3) is 3.36. The van der Waals surface area contributed by atoms with Crippen LogP contribution in [-0.2, 0) is 6.54 Å². The fraction of sp³-hybridized carbons (Fsp3) is 0.188. The fourth-order valence-electron chi connectivity index (χ4n) is 2.08. The van der Waals surface area contributed by atoms with Gasteiger partial charge < -0.3 is 10.5 Å². The van der Waals surface area contributed by atoms with Crippen LogP contribution in [0.1, 0.15) is 27.0 Å². The number of hydrazine groups is 1. The van der Waals surface area contributed by atoms with Gasteiger partial charge in [0, 0.05) is 12.2 Å². The van der Waals surface area contributed by atoms with Gasteiger partial charge in [0.15, 0.2) is 0 Å². The second kappa shape index (κ2) is 6.21. The smallest absolute Gasteiger partial charge is 0.335 e. The number of aromatic carboxylic acids is 1. The predicted octanol–water partition coefficient (Wildman–Crippen LogP) is 3.12. The lowest BCUT2D eigenvalue weighted by Gasteiger charge is -2.12. The number of carboxylic acids is 1. The highest BCUT2D eigenvalue weighted by atomic mass is 16.4. The zero-order valence-electron chi connectivity index (χ0n) is 11.6. The molecule has 0 bridgehead atoms. The molecular formula is C16H18N2O2. The van der Waals surface area contributed by atoms with Gasteiger partial charge in [0.2, 0.25) is 0 Å². The van der Waals surface area contributed by atoms with Crippen LogP contribution in [-0.4, -0.2) is 11.1 Å². The van der Waals surface area contributed by atoms with Gasteiger partial charge >= 0.3 is 5.97 Å². The molecule has 0 saturated heterocycles. The summed E-state index contributed by atoms with van der Waals surface area (Å²) in [4.78, 5) is 11.1. The first kappa shape index (κ1) is 14.1. The molecule has 0 aliphatic rings. The van der Waals surface area contributed by atoms with Crippen LogP contribution in [0.4, 0.5) is 5.69 Å². The Morgan fingerprint density at radius 2 is 1.80 bits per heavy atom. The third-order valence-electron chi connectivity index (χ3n) is 3.20. The molecule has 2 rings (SSSR count). The van der Waals surface area contributed by atoms with E-state index in [1.807, 2.05) is 50.2 Å². The Labute approximate surface area is 118 Å². The van der Waals surface area contributed by atoms with Crippen LogP contribution in [0.15, 0.2) is 42.5 Å². The maximum atomic E-state index is 11.1. The van der Waals surface area contributed by atoms with Crippen molar-refractivity contribution in [2.24, 2.45) is 0 Å². The van der Waals surface area contributed by atoms with E-state index >= 15 is 0 Å². The number of hydrogen-bond donors (Lipinski definition) is 3. The van der Waals surface area contributed by atoms with Crippen molar-refractivity contribution in [3.63, 3.8) is 0 Å². The number of carboxylic acid groups (broad SMARTS) is 1. The van der Waals surface area contributed by atoms with Gasteiger partial charge in [-0.1, -0.05) is 24.3 Å². The molecule has 0 atom stereocenters. The highest BCUT2D eigenvalue weighted by Gasteiger charge is 2.10. The van der Waals surface area contributed by atoms with Gasteiger partial charge in [-0.05, 0) is 48.7 Å². The summed E-state index contributed by atoms with van der Waals surface area (Å²) in [5.41, 5.74) is 10.3. The van der Waals surface area contributed by atoms with E-state index in [-0.39, 0.29) is 0 Å². The molecule has 0 unspecified atom stereocenters. The van der Waals surface area contributed by atoms with Crippen LogP contribution in [0.5, 0.6) is 0 Å². The second-order valence-electron chi connectivity index (χ2n) is 4.74. The lowest BCUT2D eigenvalue weighted by atomic mass is 10.00. The summed E-state index contributed by atoms with van der Waals surface area (Å²) in [5.74, 6) is -0.889. The fourth-order valence-corrected chi connectivity index (χ4v) is 2.08. The summed E-state index contributed by atoms with van der Waals surface area (Å²) in [6, 6.07) is 13.4. The molecular weight excluding hydrogens is 252 g/mol. The molecule has 20 heavy (non-hydrogen) atoms. The van der Waals surface area contributed by atoms with Crippen molar-refractivity contribution in [3.05, 3.63) is 64.7 Å². The largest absolute Gasteiger partial charge is 0.478 e. The summed E-state index contributed by atoms with van der Waals surface area (Å²) in [7, 11) is 0. The van der Waals surface area contributed by atoms with Gasteiger partial charge in [-0.2, -0.15) is 0 Å². The molecule has 4 heteroatoms. The molecule has 0 aromatic heterocycles. The minimum atomic E-state index is -0.889. The predicted molar refractivity (Wildman–Crippen MR) is 79.8 cm³/mol. The normalized spacial score (nSPS) is 10.3. The average molecular weight is 270 g/mol. The molecule has 0 amide bonds. The van der Waals surface area contributed by atoms with Crippen molar-refractivity contribution < 1.29 is 9.90 Å². The second-order valence-corrected chi connectivity index (χ2v) is 4.74. The molecule has 0 fully saturated rings. The quantitative estimate of drug-likeness (QED) is 0.731. The lowest BCUT2D eigenvalue weighted by molar-refractivity contribution is 0.0696. The first-order chi connectivity index (χ1) is 9.58. The third-order valence-corrected chi connectivity index (χ3v) is 3.20. The van der Waals surface area contributed by atoms with Crippen molar-refractivity contribution in [1.82, 2.24) is 5.43 Å². The molecule has 4 nitrogen and oxygen atoms in total. The van der Waals surface area contributed by atoms with Gasteiger partial charge in [0.05, 0.1) is 5.56 Å². The monoisotopic (exact) mass is 270 g/mol. The maximum Gasteiger partial charge on any atom is 0.335 e. The molecule has 0 aliphatic heterocycles. The Bertz CT molecular complexity index is 609. The number of benzene rings is 2. The van der Waals surface area contributed by atoms with Gasteiger partial charge in [0.1, 0.15) is 0 Å². The Balaban J connectivity index is 2.06. The minimum absolute atomic E-state index is 0.354. The Kier molecular flexibility index (Phi) is 4.38. The van der Waals surface area contributed by atoms with Gasteiger partial charge in [-0.25, -0.2) is 10.2 Å². The zero-order valence-corrected chi connectivity index (χ0v) is 11.6. The molecule has 0 aliphatic carbocycles. The summed E-state index contributed by atoms with van der Waals surface area (Å²) in [6.07, 6.45) is 0. The van der Waals surface area contributed by atoms with Crippen molar-refractivity contribution >= 4 is 11.7 Å². The van der Waals surface area contributed by atoms with E-state index in [2.05, 4.69) is 10.9 Å². The van der Waals surface area contributed by atoms with Crippen molar-refractivity contribution in [3.8, 4) is 0 Å². The zero-order chi connectivity index (χ0) is 14.5. The number of nitrogens with one attached hydrogen (secondary N) is 2. The van der Waals surface area contributed by atoms with Crippen LogP contribution >= 0.6 is 0 Å². The van der Waals surface area contributed by atoms with E-state index in [4.69, 9.17) is 5.11 Å². The number of rotatable bonds is 5. The first-order valence-electron chi connectivity index (χ1n) is 6.45. The topological polar surface area (TPSA) is 61.4 Å². The SMILES string of the molecule is Cc1cc(C)c(C(=O)O)cc1CNNc1ccccc1. The van der Waals surface area contributed by atoms with E-state index in [0.29, 0.717) is 12.1 Å². The molecule has 0 spiro atoms. The van der Waals surface area contributed by atoms with Crippen molar-refractivity contribution in [2.45, 2.75) is 20.4 Å². The first-order valence-corrected chi connectivity index (χ1v) is 6.45. The Morgan fingerprint density at radius 1 is 1.10 bits per heavy atom. The van der Waals surface area contributed by atoms with E-state index in [0.717, 1.165) is 22.4 Å². The number of anilines is 1. The van der Waals surface area contributed by atoms with Crippen molar-refractivity contribution in [1.29, 1.82) is 0 Å².